The van der Waals surface area contributed by atoms with Crippen LogP contribution in [0.3, 0.4) is 0 Å². The Balaban J connectivity index is 2.15. The van der Waals surface area contributed by atoms with Gasteiger partial charge in [-0.25, -0.2) is 17.2 Å². The summed E-state index contributed by atoms with van der Waals surface area (Å²) in [7, 11) is -4.19. The zero-order valence-electron chi connectivity index (χ0n) is 10.9. The number of hydrogen-bond donors (Lipinski definition) is 1. The van der Waals surface area contributed by atoms with Gasteiger partial charge in [-0.15, -0.1) is 0 Å². The second-order valence-corrected chi connectivity index (χ2v) is 6.60. The average molecular weight is 310 g/mol. The fourth-order valence-electron chi connectivity index (χ4n) is 2.45. The first-order valence-corrected chi connectivity index (χ1v) is 7.70. The molecule has 0 fully saturated rings. The third kappa shape index (κ3) is 2.13. The third-order valence-electron chi connectivity index (χ3n) is 3.43. The number of nitrogen functional groups attached to an aromatic ring is 1. The number of fused-ring (bicyclic) bond motifs is 1. The van der Waals surface area contributed by atoms with E-state index in [2.05, 4.69) is 0 Å². The molecule has 0 spiro atoms. The maximum absolute atomic E-state index is 13.9. The van der Waals surface area contributed by atoms with Crippen LogP contribution in [0.25, 0.3) is 0 Å². The second kappa shape index (κ2) is 4.70. The van der Waals surface area contributed by atoms with Crippen LogP contribution in [0, 0.1) is 11.6 Å². The molecule has 3 rings (SSSR count). The summed E-state index contributed by atoms with van der Waals surface area (Å²) >= 11 is 0. The number of anilines is 2. The van der Waals surface area contributed by atoms with E-state index in [0.29, 0.717) is 12.1 Å². The Morgan fingerprint density at radius 1 is 1.14 bits per heavy atom. The number of halogens is 2. The van der Waals surface area contributed by atoms with E-state index in [9.17, 15) is 17.2 Å². The molecule has 2 N–H and O–H groups in total. The van der Waals surface area contributed by atoms with E-state index < -0.39 is 26.6 Å². The molecule has 110 valence electrons. The van der Waals surface area contributed by atoms with Crippen molar-refractivity contribution >= 4 is 21.4 Å². The summed E-state index contributed by atoms with van der Waals surface area (Å²) in [6.45, 7) is 0.192. The van der Waals surface area contributed by atoms with Crippen molar-refractivity contribution in [3.8, 4) is 0 Å². The summed E-state index contributed by atoms with van der Waals surface area (Å²) in [6, 6.07) is 8.64. The number of sulfonamides is 1. The lowest BCUT2D eigenvalue weighted by Crippen LogP contribution is -2.30. The predicted octanol–water partition coefficient (Wildman–Crippen LogP) is 2.30. The molecular formula is C14H12F2N2O2S. The van der Waals surface area contributed by atoms with Gasteiger partial charge in [0.25, 0.3) is 10.0 Å². The summed E-state index contributed by atoms with van der Waals surface area (Å²) in [5.74, 6) is -2.69. The number of hydrogen-bond acceptors (Lipinski definition) is 3. The molecule has 4 nitrogen and oxygen atoms in total. The Bertz CT molecular complexity index is 822. The first-order valence-electron chi connectivity index (χ1n) is 6.26. The van der Waals surface area contributed by atoms with Gasteiger partial charge in [0.1, 0.15) is 4.90 Å². The molecule has 2 aromatic carbocycles. The van der Waals surface area contributed by atoms with Gasteiger partial charge < -0.3 is 5.73 Å². The molecule has 0 atom stereocenters. The summed E-state index contributed by atoms with van der Waals surface area (Å²) in [5.41, 5.74) is 6.63. The lowest BCUT2D eigenvalue weighted by molar-refractivity contribution is 0.485. The van der Waals surface area contributed by atoms with Crippen molar-refractivity contribution in [2.75, 3.05) is 16.6 Å². The summed E-state index contributed by atoms with van der Waals surface area (Å²) in [4.78, 5) is -0.739. The van der Waals surface area contributed by atoms with Crippen molar-refractivity contribution in [2.45, 2.75) is 11.3 Å². The molecule has 0 unspecified atom stereocenters. The standard InChI is InChI=1S/C14H12F2N2O2S/c15-11-7-10(17)8-13(14(11)16)21(19,20)18-6-5-9-3-1-2-4-12(9)18/h1-4,7-8H,5-6,17H2. The van der Waals surface area contributed by atoms with E-state index in [1.54, 1.807) is 24.3 Å². The van der Waals surface area contributed by atoms with Gasteiger partial charge in [-0.1, -0.05) is 18.2 Å². The van der Waals surface area contributed by atoms with Crippen LogP contribution in [0.4, 0.5) is 20.2 Å². The van der Waals surface area contributed by atoms with E-state index in [-0.39, 0.29) is 12.2 Å². The van der Waals surface area contributed by atoms with E-state index in [1.807, 2.05) is 0 Å². The highest BCUT2D eigenvalue weighted by Gasteiger charge is 2.33. The lowest BCUT2D eigenvalue weighted by atomic mass is 10.2. The number of rotatable bonds is 2. The predicted molar refractivity (Wildman–Crippen MR) is 75.4 cm³/mol. The first kappa shape index (κ1) is 13.8. The molecular weight excluding hydrogens is 298 g/mol. The van der Waals surface area contributed by atoms with Crippen LogP contribution in [0.5, 0.6) is 0 Å². The van der Waals surface area contributed by atoms with Gasteiger partial charge in [-0.3, -0.25) is 4.31 Å². The quantitative estimate of drug-likeness (QED) is 0.866. The molecule has 0 aromatic heterocycles. The van der Waals surface area contributed by atoms with Crippen molar-refractivity contribution in [3.63, 3.8) is 0 Å². The molecule has 21 heavy (non-hydrogen) atoms. The number of nitrogens with two attached hydrogens (primary N) is 1. The van der Waals surface area contributed by atoms with E-state index in [0.717, 1.165) is 22.0 Å². The van der Waals surface area contributed by atoms with E-state index in [1.165, 1.54) is 0 Å². The van der Waals surface area contributed by atoms with Crippen LogP contribution < -0.4 is 10.0 Å². The Hall–Kier alpha value is -2.15. The minimum atomic E-state index is -4.19. The SMILES string of the molecule is Nc1cc(F)c(F)c(S(=O)(=O)N2CCc3ccccc32)c1. The monoisotopic (exact) mass is 310 g/mol. The van der Waals surface area contributed by atoms with Crippen molar-refractivity contribution in [1.82, 2.24) is 0 Å². The van der Waals surface area contributed by atoms with Crippen LogP contribution in [0.15, 0.2) is 41.3 Å². The molecule has 1 aliphatic heterocycles. The second-order valence-electron chi connectivity index (χ2n) is 4.77. The fraction of sp³-hybridized carbons (Fsp3) is 0.143. The Labute approximate surface area is 120 Å². The van der Waals surface area contributed by atoms with Gasteiger partial charge in [0.15, 0.2) is 11.6 Å². The van der Waals surface area contributed by atoms with Crippen molar-refractivity contribution < 1.29 is 17.2 Å². The van der Waals surface area contributed by atoms with Crippen molar-refractivity contribution in [1.29, 1.82) is 0 Å². The van der Waals surface area contributed by atoms with Crippen molar-refractivity contribution in [2.24, 2.45) is 0 Å². The molecule has 7 heteroatoms. The Kier molecular flexibility index (Phi) is 3.09. The zero-order chi connectivity index (χ0) is 15.2. The van der Waals surface area contributed by atoms with Crippen LogP contribution in [0.2, 0.25) is 0 Å². The maximum atomic E-state index is 13.9. The van der Waals surface area contributed by atoms with Gasteiger partial charge in [0.2, 0.25) is 0 Å². The van der Waals surface area contributed by atoms with E-state index in [4.69, 9.17) is 5.73 Å². The molecule has 0 saturated carbocycles. The highest BCUT2D eigenvalue weighted by Crippen LogP contribution is 2.34. The summed E-state index contributed by atoms with van der Waals surface area (Å²) in [6.07, 6.45) is 0.530. The van der Waals surface area contributed by atoms with Gasteiger partial charge in [-0.05, 0) is 30.2 Å². The van der Waals surface area contributed by atoms with Gasteiger partial charge in [0, 0.05) is 12.2 Å². The molecule has 2 aromatic rings. The average Bonchev–Trinajstić information content (AvgIpc) is 2.87. The minimum absolute atomic E-state index is 0.139. The molecule has 0 bridgehead atoms. The van der Waals surface area contributed by atoms with Crippen LogP contribution in [0.1, 0.15) is 5.56 Å². The summed E-state index contributed by atoms with van der Waals surface area (Å²) in [5, 5.41) is 0. The van der Waals surface area contributed by atoms with Crippen molar-refractivity contribution in [3.05, 3.63) is 53.6 Å². The molecule has 0 amide bonds. The largest absolute Gasteiger partial charge is 0.399 e. The van der Waals surface area contributed by atoms with Gasteiger partial charge >= 0.3 is 0 Å². The molecule has 0 saturated heterocycles. The van der Waals surface area contributed by atoms with Crippen LogP contribution in [-0.2, 0) is 16.4 Å². The highest BCUT2D eigenvalue weighted by atomic mass is 32.2. The van der Waals surface area contributed by atoms with Crippen LogP contribution in [-0.4, -0.2) is 15.0 Å². The zero-order valence-corrected chi connectivity index (χ0v) is 11.7. The van der Waals surface area contributed by atoms with Gasteiger partial charge in [0.05, 0.1) is 5.69 Å². The lowest BCUT2D eigenvalue weighted by Gasteiger charge is -2.20. The van der Waals surface area contributed by atoms with Crippen LogP contribution >= 0.6 is 0 Å². The molecule has 1 aliphatic rings. The third-order valence-corrected chi connectivity index (χ3v) is 5.24. The topological polar surface area (TPSA) is 63.4 Å². The normalized spacial score (nSPS) is 14.3. The summed E-state index contributed by atoms with van der Waals surface area (Å²) < 4.78 is 53.5. The number of para-hydroxylation sites is 1. The van der Waals surface area contributed by atoms with Gasteiger partial charge in [-0.2, -0.15) is 0 Å². The number of nitrogens with zero attached hydrogens (tertiary/aromatic N) is 1. The number of benzene rings is 2. The maximum Gasteiger partial charge on any atom is 0.267 e. The smallest absolute Gasteiger partial charge is 0.267 e. The highest BCUT2D eigenvalue weighted by molar-refractivity contribution is 7.92. The molecule has 0 radical (unpaired) electrons. The Morgan fingerprint density at radius 2 is 1.86 bits per heavy atom. The van der Waals surface area contributed by atoms with E-state index >= 15 is 0 Å². The Morgan fingerprint density at radius 3 is 2.62 bits per heavy atom. The minimum Gasteiger partial charge on any atom is -0.399 e. The first-order chi connectivity index (χ1) is 9.91. The fourth-order valence-corrected chi connectivity index (χ4v) is 4.06. The molecule has 1 heterocycles. The molecule has 0 aliphatic carbocycles.